The van der Waals surface area contributed by atoms with E-state index in [0.29, 0.717) is 23.1 Å². The summed E-state index contributed by atoms with van der Waals surface area (Å²) in [6, 6.07) is 1.91. The molecule has 0 radical (unpaired) electrons. The van der Waals surface area contributed by atoms with Crippen LogP contribution in [0.4, 0.5) is 0 Å². The van der Waals surface area contributed by atoms with Gasteiger partial charge in [-0.25, -0.2) is 9.97 Å². The number of hydrogen-bond acceptors (Lipinski definition) is 5. The second kappa shape index (κ2) is 6.76. The van der Waals surface area contributed by atoms with Gasteiger partial charge < -0.3 is 15.0 Å². The number of carbonyl (C=O) groups excluding carboxylic acids is 1. The van der Waals surface area contributed by atoms with Crippen LogP contribution in [0.15, 0.2) is 21.9 Å². The van der Waals surface area contributed by atoms with E-state index in [1.165, 1.54) is 11.8 Å². The lowest BCUT2D eigenvalue weighted by atomic mass is 10.2. The zero-order valence-electron chi connectivity index (χ0n) is 11.3. The molecule has 3 rings (SSSR count). The molecule has 0 aliphatic carbocycles. The Morgan fingerprint density at radius 3 is 3.33 bits per heavy atom. The van der Waals surface area contributed by atoms with Crippen molar-refractivity contribution in [2.24, 2.45) is 0 Å². The molecule has 8 heteroatoms. The van der Waals surface area contributed by atoms with E-state index in [4.69, 9.17) is 4.74 Å². The lowest BCUT2D eigenvalue weighted by molar-refractivity contribution is -0.119. The molecule has 1 atom stereocenters. The highest BCUT2D eigenvalue weighted by molar-refractivity contribution is 9.10. The van der Waals surface area contributed by atoms with Crippen molar-refractivity contribution in [3.8, 4) is 0 Å². The molecule has 1 fully saturated rings. The lowest BCUT2D eigenvalue weighted by Crippen LogP contribution is -2.32. The number of halogens is 1. The Bertz CT molecular complexity index is 642. The van der Waals surface area contributed by atoms with Crippen LogP contribution in [0.25, 0.3) is 11.2 Å². The number of pyridine rings is 1. The Balaban J connectivity index is 1.49. The molecule has 2 aromatic heterocycles. The predicted octanol–water partition coefficient (Wildman–Crippen LogP) is 2.11. The van der Waals surface area contributed by atoms with Gasteiger partial charge in [-0.2, -0.15) is 0 Å². The van der Waals surface area contributed by atoms with Crippen molar-refractivity contribution in [1.82, 2.24) is 20.3 Å². The van der Waals surface area contributed by atoms with Crippen molar-refractivity contribution in [2.45, 2.75) is 24.1 Å². The minimum Gasteiger partial charge on any atom is -0.376 e. The summed E-state index contributed by atoms with van der Waals surface area (Å²) in [4.78, 5) is 23.5. The Labute approximate surface area is 134 Å². The third kappa shape index (κ3) is 3.96. The summed E-state index contributed by atoms with van der Waals surface area (Å²) in [6.45, 7) is 1.39. The summed E-state index contributed by atoms with van der Waals surface area (Å²) in [5.41, 5.74) is 1.51. The molecule has 0 aromatic carbocycles. The van der Waals surface area contributed by atoms with E-state index in [0.717, 1.165) is 29.4 Å². The first-order valence-electron chi connectivity index (χ1n) is 6.73. The van der Waals surface area contributed by atoms with Gasteiger partial charge in [0, 0.05) is 23.8 Å². The SMILES string of the molecule is O=C(CSc1nc2ncc(Br)cc2[nH]1)NCC1CCCO1. The maximum absolute atomic E-state index is 11.8. The maximum atomic E-state index is 11.8. The Kier molecular flexibility index (Phi) is 4.77. The third-order valence-electron chi connectivity index (χ3n) is 3.17. The number of imidazole rings is 1. The van der Waals surface area contributed by atoms with E-state index >= 15 is 0 Å². The number of aromatic nitrogens is 3. The van der Waals surface area contributed by atoms with Crippen molar-refractivity contribution < 1.29 is 9.53 Å². The average molecular weight is 371 g/mol. The number of ether oxygens (including phenoxy) is 1. The maximum Gasteiger partial charge on any atom is 0.230 e. The third-order valence-corrected chi connectivity index (χ3v) is 4.48. The molecule has 21 heavy (non-hydrogen) atoms. The van der Waals surface area contributed by atoms with Crippen LogP contribution in [0, 0.1) is 0 Å². The van der Waals surface area contributed by atoms with E-state index < -0.39 is 0 Å². The van der Waals surface area contributed by atoms with Crippen LogP contribution >= 0.6 is 27.7 Å². The number of fused-ring (bicyclic) bond motifs is 1. The van der Waals surface area contributed by atoms with Crippen LogP contribution in [0.2, 0.25) is 0 Å². The van der Waals surface area contributed by atoms with Crippen LogP contribution in [0.5, 0.6) is 0 Å². The van der Waals surface area contributed by atoms with Crippen molar-refractivity contribution >= 4 is 44.8 Å². The van der Waals surface area contributed by atoms with Crippen molar-refractivity contribution in [2.75, 3.05) is 18.9 Å². The molecule has 3 heterocycles. The molecule has 112 valence electrons. The first-order valence-corrected chi connectivity index (χ1v) is 8.51. The first kappa shape index (κ1) is 14.8. The largest absolute Gasteiger partial charge is 0.376 e. The van der Waals surface area contributed by atoms with Gasteiger partial charge >= 0.3 is 0 Å². The minimum absolute atomic E-state index is 0.00917. The summed E-state index contributed by atoms with van der Waals surface area (Å²) < 4.78 is 6.36. The van der Waals surface area contributed by atoms with Crippen LogP contribution in [0.1, 0.15) is 12.8 Å². The van der Waals surface area contributed by atoms with Crippen molar-refractivity contribution in [3.05, 3.63) is 16.7 Å². The van der Waals surface area contributed by atoms with Crippen LogP contribution in [0.3, 0.4) is 0 Å². The van der Waals surface area contributed by atoms with Gasteiger partial charge in [-0.05, 0) is 34.8 Å². The summed E-state index contributed by atoms with van der Waals surface area (Å²) in [5, 5.41) is 3.59. The fraction of sp³-hybridized carbons (Fsp3) is 0.462. The van der Waals surface area contributed by atoms with Gasteiger partial charge in [-0.15, -0.1) is 0 Å². The normalized spacial score (nSPS) is 18.2. The zero-order valence-corrected chi connectivity index (χ0v) is 13.7. The van der Waals surface area contributed by atoms with Crippen molar-refractivity contribution in [1.29, 1.82) is 0 Å². The van der Waals surface area contributed by atoms with Crippen LogP contribution < -0.4 is 5.32 Å². The number of rotatable bonds is 5. The highest BCUT2D eigenvalue weighted by Crippen LogP contribution is 2.20. The molecule has 1 saturated heterocycles. The summed E-state index contributed by atoms with van der Waals surface area (Å²) in [6.07, 6.45) is 3.98. The number of amides is 1. The number of aromatic amines is 1. The van der Waals surface area contributed by atoms with Crippen molar-refractivity contribution in [3.63, 3.8) is 0 Å². The summed E-state index contributed by atoms with van der Waals surface area (Å²) in [7, 11) is 0. The highest BCUT2D eigenvalue weighted by Gasteiger charge is 2.16. The van der Waals surface area contributed by atoms with E-state index in [1.807, 2.05) is 6.07 Å². The molecule has 6 nitrogen and oxygen atoms in total. The van der Waals surface area contributed by atoms with E-state index in [1.54, 1.807) is 6.20 Å². The molecular formula is C13H15BrN4O2S. The number of H-pyrrole nitrogens is 1. The van der Waals surface area contributed by atoms with Crippen LogP contribution in [-0.4, -0.2) is 45.9 Å². The Hall–Kier alpha value is -1.12. The number of hydrogen-bond donors (Lipinski definition) is 2. The standard InChI is InChI=1S/C13H15BrN4O2S/c14-8-4-10-12(16-5-8)18-13(17-10)21-7-11(19)15-6-9-2-1-3-20-9/h4-5,9H,1-3,6-7H2,(H,15,19)(H,16,17,18). The van der Waals surface area contributed by atoms with Crippen LogP contribution in [-0.2, 0) is 9.53 Å². The molecule has 1 amide bonds. The topological polar surface area (TPSA) is 79.9 Å². The Morgan fingerprint density at radius 2 is 2.52 bits per heavy atom. The minimum atomic E-state index is -0.00917. The molecular weight excluding hydrogens is 356 g/mol. The highest BCUT2D eigenvalue weighted by atomic mass is 79.9. The van der Waals surface area contributed by atoms with Gasteiger partial charge in [0.1, 0.15) is 0 Å². The molecule has 2 N–H and O–H groups in total. The fourth-order valence-corrected chi connectivity index (χ4v) is 3.17. The number of thioether (sulfide) groups is 1. The average Bonchev–Trinajstić information content (AvgIpc) is 3.11. The second-order valence-electron chi connectivity index (χ2n) is 4.79. The second-order valence-corrected chi connectivity index (χ2v) is 6.67. The zero-order chi connectivity index (χ0) is 14.7. The molecule has 1 aliphatic rings. The number of nitrogens with one attached hydrogen (secondary N) is 2. The fourth-order valence-electron chi connectivity index (χ4n) is 2.14. The monoisotopic (exact) mass is 370 g/mol. The first-order chi connectivity index (χ1) is 10.2. The molecule has 0 bridgehead atoms. The Morgan fingerprint density at radius 1 is 1.62 bits per heavy atom. The van der Waals surface area contributed by atoms with Gasteiger partial charge in [0.15, 0.2) is 10.8 Å². The predicted molar refractivity (Wildman–Crippen MR) is 84.3 cm³/mol. The van der Waals surface area contributed by atoms with Gasteiger partial charge in [0.2, 0.25) is 5.91 Å². The summed E-state index contributed by atoms with van der Waals surface area (Å²) >= 11 is 4.73. The van der Waals surface area contributed by atoms with Gasteiger partial charge in [-0.3, -0.25) is 4.79 Å². The van der Waals surface area contributed by atoms with Gasteiger partial charge in [0.25, 0.3) is 0 Å². The molecule has 0 spiro atoms. The smallest absolute Gasteiger partial charge is 0.230 e. The molecule has 0 saturated carbocycles. The molecule has 2 aromatic rings. The quantitative estimate of drug-likeness (QED) is 0.787. The number of nitrogens with zero attached hydrogens (tertiary/aromatic N) is 2. The lowest BCUT2D eigenvalue weighted by Gasteiger charge is -2.09. The molecule has 1 aliphatic heterocycles. The number of carbonyl (C=O) groups is 1. The van der Waals surface area contributed by atoms with Gasteiger partial charge in [-0.1, -0.05) is 11.8 Å². The van der Waals surface area contributed by atoms with Gasteiger partial charge in [0.05, 0.1) is 17.4 Å². The van der Waals surface area contributed by atoms with E-state index in [9.17, 15) is 4.79 Å². The molecule has 1 unspecified atom stereocenters. The summed E-state index contributed by atoms with van der Waals surface area (Å²) in [5.74, 6) is 0.318. The van der Waals surface area contributed by atoms with E-state index in [2.05, 4.69) is 36.2 Å². The van der Waals surface area contributed by atoms with E-state index in [-0.39, 0.29) is 12.0 Å².